The summed E-state index contributed by atoms with van der Waals surface area (Å²) in [5.74, 6) is 0.926. The van der Waals surface area contributed by atoms with Gasteiger partial charge in [0.1, 0.15) is 0 Å². The molecule has 1 fully saturated rings. The number of thiophene rings is 1. The predicted octanol–water partition coefficient (Wildman–Crippen LogP) is 2.48. The molecule has 6 heteroatoms. The Bertz CT molecular complexity index is 662. The molecule has 0 aliphatic carbocycles. The van der Waals surface area contributed by atoms with E-state index in [1.54, 1.807) is 0 Å². The van der Waals surface area contributed by atoms with E-state index in [1.807, 2.05) is 11.0 Å². The number of piperidine rings is 1. The van der Waals surface area contributed by atoms with Crippen molar-refractivity contribution in [1.29, 1.82) is 0 Å². The molecular weight excluding hydrogens is 306 g/mol. The lowest BCUT2D eigenvalue weighted by Crippen LogP contribution is -2.44. The number of nitrogens with zero attached hydrogens (tertiary/aromatic N) is 1. The average molecular weight is 327 g/mol. The third kappa shape index (κ3) is 3.01. The summed E-state index contributed by atoms with van der Waals surface area (Å²) in [4.78, 5) is 16.5. The minimum Gasteiger partial charge on any atom is -0.335 e. The van der Waals surface area contributed by atoms with Crippen molar-refractivity contribution in [2.45, 2.75) is 44.9 Å². The van der Waals surface area contributed by atoms with Gasteiger partial charge in [-0.15, -0.1) is 11.3 Å². The van der Waals surface area contributed by atoms with Crippen LogP contribution in [0.15, 0.2) is 6.07 Å². The van der Waals surface area contributed by atoms with Crippen molar-refractivity contribution in [2.24, 2.45) is 5.92 Å². The molecule has 0 radical (unpaired) electrons. The van der Waals surface area contributed by atoms with Gasteiger partial charge in [-0.2, -0.15) is 0 Å². The van der Waals surface area contributed by atoms with Gasteiger partial charge < -0.3 is 4.90 Å². The molecule has 0 saturated carbocycles. The van der Waals surface area contributed by atoms with Gasteiger partial charge in [-0.05, 0) is 43.7 Å². The zero-order valence-corrected chi connectivity index (χ0v) is 14.1. The molecule has 1 saturated heterocycles. The highest BCUT2D eigenvalue weighted by atomic mass is 32.2. The smallest absolute Gasteiger partial charge is 0.264 e. The molecule has 0 unspecified atom stereocenters. The SMILES string of the molecule is C[C@@H]1CC[C@H](C)N(C(=O)c2cc3c(s2)CCS(=O)(=O)C3)C1. The number of fused-ring (bicyclic) bond motifs is 1. The van der Waals surface area contributed by atoms with E-state index in [0.717, 1.165) is 23.4 Å². The summed E-state index contributed by atoms with van der Waals surface area (Å²) < 4.78 is 23.4. The van der Waals surface area contributed by atoms with Gasteiger partial charge >= 0.3 is 0 Å². The van der Waals surface area contributed by atoms with Gasteiger partial charge in [0.05, 0.1) is 16.4 Å². The summed E-state index contributed by atoms with van der Waals surface area (Å²) in [5, 5.41) is 0. The Kier molecular flexibility index (Phi) is 3.86. The molecule has 1 aromatic rings. The van der Waals surface area contributed by atoms with E-state index in [-0.39, 0.29) is 23.5 Å². The molecule has 0 spiro atoms. The number of hydrogen-bond acceptors (Lipinski definition) is 4. The Labute approximate surface area is 130 Å². The highest BCUT2D eigenvalue weighted by Gasteiger charge is 2.31. The first-order valence-electron chi connectivity index (χ1n) is 7.48. The molecule has 116 valence electrons. The molecule has 2 aliphatic rings. The van der Waals surface area contributed by atoms with Crippen LogP contribution < -0.4 is 0 Å². The number of rotatable bonds is 1. The van der Waals surface area contributed by atoms with E-state index in [4.69, 9.17) is 0 Å². The molecule has 1 aromatic heterocycles. The number of carbonyl (C=O) groups excluding carboxylic acids is 1. The van der Waals surface area contributed by atoms with Crippen molar-refractivity contribution in [3.8, 4) is 0 Å². The van der Waals surface area contributed by atoms with E-state index in [2.05, 4.69) is 13.8 Å². The van der Waals surface area contributed by atoms with Crippen LogP contribution in [0.3, 0.4) is 0 Å². The molecule has 0 aromatic carbocycles. The van der Waals surface area contributed by atoms with Crippen LogP contribution in [0.2, 0.25) is 0 Å². The van der Waals surface area contributed by atoms with Crippen LogP contribution in [0.1, 0.15) is 46.8 Å². The molecule has 4 nitrogen and oxygen atoms in total. The Morgan fingerprint density at radius 3 is 2.86 bits per heavy atom. The largest absolute Gasteiger partial charge is 0.335 e. The molecule has 21 heavy (non-hydrogen) atoms. The van der Waals surface area contributed by atoms with Gasteiger partial charge in [-0.25, -0.2) is 8.42 Å². The van der Waals surface area contributed by atoms with Gasteiger partial charge in [-0.1, -0.05) is 6.92 Å². The lowest BCUT2D eigenvalue weighted by atomic mass is 9.95. The fraction of sp³-hybridized carbons (Fsp3) is 0.667. The van der Waals surface area contributed by atoms with Crippen LogP contribution in [0, 0.1) is 5.92 Å². The van der Waals surface area contributed by atoms with E-state index in [1.165, 1.54) is 17.8 Å². The lowest BCUT2D eigenvalue weighted by Gasteiger charge is -2.36. The van der Waals surface area contributed by atoms with Crippen LogP contribution in [-0.2, 0) is 22.0 Å². The monoisotopic (exact) mass is 327 g/mol. The van der Waals surface area contributed by atoms with Gasteiger partial charge in [0.25, 0.3) is 5.91 Å². The molecule has 1 amide bonds. The van der Waals surface area contributed by atoms with E-state index >= 15 is 0 Å². The van der Waals surface area contributed by atoms with Crippen molar-refractivity contribution in [3.63, 3.8) is 0 Å². The van der Waals surface area contributed by atoms with Crippen LogP contribution in [0.4, 0.5) is 0 Å². The topological polar surface area (TPSA) is 54.5 Å². The number of amides is 1. The molecule has 0 N–H and O–H groups in total. The predicted molar refractivity (Wildman–Crippen MR) is 84.4 cm³/mol. The van der Waals surface area contributed by atoms with Crippen LogP contribution in [-0.4, -0.2) is 37.6 Å². The second kappa shape index (κ2) is 5.39. The van der Waals surface area contributed by atoms with Gasteiger partial charge in [0, 0.05) is 17.5 Å². The Morgan fingerprint density at radius 1 is 1.33 bits per heavy atom. The summed E-state index contributed by atoms with van der Waals surface area (Å²) in [7, 11) is -2.97. The second-order valence-corrected chi connectivity index (χ2v) is 9.71. The van der Waals surface area contributed by atoms with Crippen molar-refractivity contribution in [3.05, 3.63) is 21.4 Å². The summed E-state index contributed by atoms with van der Waals surface area (Å²) >= 11 is 1.49. The van der Waals surface area contributed by atoms with Gasteiger partial charge in [-0.3, -0.25) is 4.79 Å². The first kappa shape index (κ1) is 15.0. The molecule has 2 aliphatic heterocycles. The molecule has 3 rings (SSSR count). The van der Waals surface area contributed by atoms with Crippen molar-refractivity contribution in [1.82, 2.24) is 4.90 Å². The Hall–Kier alpha value is -0.880. The zero-order valence-electron chi connectivity index (χ0n) is 12.5. The number of sulfone groups is 1. The minimum absolute atomic E-state index is 0.0749. The number of aryl methyl sites for hydroxylation is 1. The Morgan fingerprint density at radius 2 is 2.10 bits per heavy atom. The standard InChI is InChI=1S/C15H21NO3S2/c1-10-3-4-11(2)16(8-10)15(17)14-7-12-9-21(18,19)6-5-13(12)20-14/h7,10-11H,3-6,8-9H2,1-2H3/t10-,11+/m1/s1. The van der Waals surface area contributed by atoms with Crippen LogP contribution in [0.5, 0.6) is 0 Å². The Balaban J connectivity index is 1.84. The molecule has 0 bridgehead atoms. The maximum Gasteiger partial charge on any atom is 0.264 e. The van der Waals surface area contributed by atoms with Gasteiger partial charge in [0.15, 0.2) is 9.84 Å². The maximum atomic E-state index is 12.7. The zero-order chi connectivity index (χ0) is 15.2. The highest BCUT2D eigenvalue weighted by molar-refractivity contribution is 7.90. The summed E-state index contributed by atoms with van der Waals surface area (Å²) in [5.41, 5.74) is 0.840. The molecule has 2 atom stereocenters. The third-order valence-electron chi connectivity index (χ3n) is 4.50. The fourth-order valence-electron chi connectivity index (χ4n) is 3.18. The van der Waals surface area contributed by atoms with Crippen LogP contribution in [0.25, 0.3) is 0 Å². The quantitative estimate of drug-likeness (QED) is 0.796. The number of carbonyl (C=O) groups is 1. The summed E-state index contributed by atoms with van der Waals surface area (Å²) in [6.07, 6.45) is 2.78. The van der Waals surface area contributed by atoms with E-state index < -0.39 is 9.84 Å². The van der Waals surface area contributed by atoms with Crippen molar-refractivity contribution < 1.29 is 13.2 Å². The molecule has 3 heterocycles. The van der Waals surface area contributed by atoms with Crippen LogP contribution >= 0.6 is 11.3 Å². The summed E-state index contributed by atoms with van der Waals surface area (Å²) in [6.45, 7) is 5.08. The van der Waals surface area contributed by atoms with Crippen molar-refractivity contribution in [2.75, 3.05) is 12.3 Å². The maximum absolute atomic E-state index is 12.7. The van der Waals surface area contributed by atoms with Gasteiger partial charge in [0.2, 0.25) is 0 Å². The lowest BCUT2D eigenvalue weighted by molar-refractivity contribution is 0.0579. The average Bonchev–Trinajstić information content (AvgIpc) is 2.82. The van der Waals surface area contributed by atoms with E-state index in [9.17, 15) is 13.2 Å². The molecular formula is C15H21NO3S2. The first-order chi connectivity index (χ1) is 9.85. The fourth-order valence-corrected chi connectivity index (χ4v) is 5.93. The third-order valence-corrected chi connectivity index (χ3v) is 7.30. The number of likely N-dealkylation sites (tertiary alicyclic amines) is 1. The summed E-state index contributed by atoms with van der Waals surface area (Å²) in [6, 6.07) is 2.09. The minimum atomic E-state index is -2.97. The van der Waals surface area contributed by atoms with E-state index in [0.29, 0.717) is 17.2 Å². The highest BCUT2D eigenvalue weighted by Crippen LogP contribution is 2.31. The van der Waals surface area contributed by atoms with Crippen molar-refractivity contribution >= 4 is 27.1 Å². The number of hydrogen-bond donors (Lipinski definition) is 0. The second-order valence-electron chi connectivity index (χ2n) is 6.39. The normalized spacial score (nSPS) is 28.2. The first-order valence-corrected chi connectivity index (χ1v) is 10.1.